The van der Waals surface area contributed by atoms with Crippen LogP contribution in [-0.4, -0.2) is 43.5 Å². The Morgan fingerprint density at radius 3 is 2.21 bits per heavy atom. The maximum atomic E-state index is 12.4. The van der Waals surface area contributed by atoms with Gasteiger partial charge in [-0.05, 0) is 45.4 Å². The fourth-order valence-electron chi connectivity index (χ4n) is 3.91. The number of Topliss-reactive ketones (excluding diaryl/α,β-unsaturated/α-hetero) is 1. The van der Waals surface area contributed by atoms with Crippen LogP contribution in [-0.2, 0) is 23.9 Å². The van der Waals surface area contributed by atoms with Gasteiger partial charge in [-0.2, -0.15) is 0 Å². The average molecular weight is 412 g/mol. The summed E-state index contributed by atoms with van der Waals surface area (Å²) in [6, 6.07) is -0.362. The Morgan fingerprint density at radius 1 is 0.897 bits per heavy atom. The molecule has 1 atom stereocenters. The van der Waals surface area contributed by atoms with E-state index in [4.69, 9.17) is 9.47 Å². The third-order valence-corrected chi connectivity index (χ3v) is 5.73. The molecule has 0 amide bonds. The molecule has 0 radical (unpaired) electrons. The van der Waals surface area contributed by atoms with E-state index in [1.54, 1.807) is 6.92 Å². The zero-order valence-electron chi connectivity index (χ0n) is 18.7. The molecule has 1 rings (SSSR count). The highest BCUT2D eigenvalue weighted by molar-refractivity contribution is 5.81. The normalized spacial score (nSPS) is 20.1. The largest absolute Gasteiger partial charge is 0.466 e. The van der Waals surface area contributed by atoms with Gasteiger partial charge in [-0.1, -0.05) is 39.0 Å². The third-order valence-electron chi connectivity index (χ3n) is 5.73. The van der Waals surface area contributed by atoms with Crippen molar-refractivity contribution in [3.8, 4) is 0 Å². The highest BCUT2D eigenvalue weighted by atomic mass is 16.5. The van der Waals surface area contributed by atoms with Gasteiger partial charge >= 0.3 is 11.9 Å². The predicted octanol–water partition coefficient (Wildman–Crippen LogP) is 4.20. The van der Waals surface area contributed by atoms with Gasteiger partial charge in [0.05, 0.1) is 13.2 Å². The van der Waals surface area contributed by atoms with Crippen LogP contribution in [0.25, 0.3) is 0 Å². The Kier molecular flexibility index (Phi) is 13.6. The molecule has 0 aliphatic heterocycles. The highest BCUT2D eigenvalue weighted by Crippen LogP contribution is 2.29. The second kappa shape index (κ2) is 15.4. The number of rotatable bonds is 15. The van der Waals surface area contributed by atoms with Gasteiger partial charge in [0.1, 0.15) is 11.8 Å². The molecular weight excluding hydrogens is 370 g/mol. The minimum atomic E-state index is -0.362. The summed E-state index contributed by atoms with van der Waals surface area (Å²) in [5.41, 5.74) is 0. The molecule has 0 aromatic carbocycles. The van der Waals surface area contributed by atoms with Gasteiger partial charge in [0.25, 0.3) is 0 Å². The van der Waals surface area contributed by atoms with Crippen molar-refractivity contribution in [1.29, 1.82) is 0 Å². The molecule has 6 nitrogen and oxygen atoms in total. The summed E-state index contributed by atoms with van der Waals surface area (Å²) in [7, 11) is 0. The summed E-state index contributed by atoms with van der Waals surface area (Å²) >= 11 is 0. The Balaban J connectivity index is 2.26. The summed E-state index contributed by atoms with van der Waals surface area (Å²) in [5, 5.41) is 3.24. The van der Waals surface area contributed by atoms with Crippen LogP contribution in [0.15, 0.2) is 0 Å². The van der Waals surface area contributed by atoms with Crippen molar-refractivity contribution in [2.45, 2.75) is 97.4 Å². The molecule has 1 unspecified atom stereocenters. The van der Waals surface area contributed by atoms with Crippen molar-refractivity contribution < 1.29 is 23.9 Å². The second-order valence-electron chi connectivity index (χ2n) is 8.19. The van der Waals surface area contributed by atoms with Crippen LogP contribution >= 0.6 is 0 Å². The molecule has 0 aromatic heterocycles. The van der Waals surface area contributed by atoms with E-state index in [0.29, 0.717) is 44.8 Å². The first-order chi connectivity index (χ1) is 14.0. The molecule has 0 heterocycles. The average Bonchev–Trinajstić information content (AvgIpc) is 2.69. The molecular formula is C23H41NO5. The monoisotopic (exact) mass is 411 g/mol. The van der Waals surface area contributed by atoms with Crippen LogP contribution < -0.4 is 5.32 Å². The molecule has 1 N–H and O–H groups in total. The molecule has 0 aromatic rings. The Hall–Kier alpha value is -1.43. The van der Waals surface area contributed by atoms with Gasteiger partial charge in [0.15, 0.2) is 0 Å². The first-order valence-corrected chi connectivity index (χ1v) is 11.6. The Bertz CT molecular complexity index is 486. The highest BCUT2D eigenvalue weighted by Gasteiger charge is 2.24. The predicted molar refractivity (Wildman–Crippen MR) is 114 cm³/mol. The van der Waals surface area contributed by atoms with Crippen molar-refractivity contribution in [1.82, 2.24) is 5.32 Å². The van der Waals surface area contributed by atoms with Crippen molar-refractivity contribution in [3.63, 3.8) is 0 Å². The van der Waals surface area contributed by atoms with E-state index in [1.165, 1.54) is 0 Å². The number of carbonyl (C=O) groups excluding carboxylic acids is 3. The summed E-state index contributed by atoms with van der Waals surface area (Å²) < 4.78 is 10.1. The van der Waals surface area contributed by atoms with E-state index >= 15 is 0 Å². The minimum absolute atomic E-state index is 0.143. The summed E-state index contributed by atoms with van der Waals surface area (Å²) in [4.78, 5) is 36.0. The van der Waals surface area contributed by atoms with Crippen LogP contribution in [0.2, 0.25) is 0 Å². The number of unbranched alkanes of at least 4 members (excludes halogenated alkanes) is 3. The quantitative estimate of drug-likeness (QED) is 0.321. The zero-order chi connectivity index (χ0) is 21.5. The lowest BCUT2D eigenvalue weighted by Crippen LogP contribution is -2.39. The third kappa shape index (κ3) is 11.4. The summed E-state index contributed by atoms with van der Waals surface area (Å²) in [5.74, 6) is 0.885. The molecule has 6 heteroatoms. The van der Waals surface area contributed by atoms with E-state index in [0.717, 1.165) is 57.3 Å². The van der Waals surface area contributed by atoms with Crippen LogP contribution in [0.5, 0.6) is 0 Å². The SMILES string of the molecule is CCOC(=O)CCCCCCC(NCCC(=O)C1CCC(C)CC1)C(=O)OCC. The molecule has 29 heavy (non-hydrogen) atoms. The molecule has 0 spiro atoms. The number of ether oxygens (including phenoxy) is 2. The number of carbonyl (C=O) groups is 3. The first-order valence-electron chi connectivity index (χ1n) is 11.6. The fraction of sp³-hybridized carbons (Fsp3) is 0.870. The number of hydrogen-bond acceptors (Lipinski definition) is 6. The maximum absolute atomic E-state index is 12.4. The molecule has 0 bridgehead atoms. The second-order valence-corrected chi connectivity index (χ2v) is 8.19. The van der Waals surface area contributed by atoms with Crippen LogP contribution in [0.4, 0.5) is 0 Å². The number of hydrogen-bond donors (Lipinski definition) is 1. The van der Waals surface area contributed by atoms with Crippen LogP contribution in [0.3, 0.4) is 0 Å². The zero-order valence-corrected chi connectivity index (χ0v) is 18.7. The Labute approximate surface area is 176 Å². The topological polar surface area (TPSA) is 81.7 Å². The maximum Gasteiger partial charge on any atom is 0.323 e. The van der Waals surface area contributed by atoms with Crippen molar-refractivity contribution in [2.24, 2.45) is 11.8 Å². The number of nitrogens with one attached hydrogen (secondary N) is 1. The first kappa shape index (κ1) is 25.6. The van der Waals surface area contributed by atoms with Crippen molar-refractivity contribution in [2.75, 3.05) is 19.8 Å². The number of esters is 2. The molecule has 1 fully saturated rings. The summed E-state index contributed by atoms with van der Waals surface area (Å²) in [6.45, 7) is 7.17. The molecule has 1 saturated carbocycles. The van der Waals surface area contributed by atoms with Crippen LogP contribution in [0, 0.1) is 11.8 Å². The fourth-order valence-corrected chi connectivity index (χ4v) is 3.91. The molecule has 168 valence electrons. The number of ketones is 1. The molecule has 0 saturated heterocycles. The van der Waals surface area contributed by atoms with E-state index < -0.39 is 0 Å². The lowest BCUT2D eigenvalue weighted by molar-refractivity contribution is -0.146. The van der Waals surface area contributed by atoms with Gasteiger partial charge < -0.3 is 14.8 Å². The van der Waals surface area contributed by atoms with Crippen LogP contribution in [0.1, 0.15) is 91.4 Å². The van der Waals surface area contributed by atoms with E-state index in [9.17, 15) is 14.4 Å². The van der Waals surface area contributed by atoms with Gasteiger partial charge in [0, 0.05) is 25.3 Å². The van der Waals surface area contributed by atoms with Crippen molar-refractivity contribution >= 4 is 17.7 Å². The van der Waals surface area contributed by atoms with Gasteiger partial charge in [0.2, 0.25) is 0 Å². The standard InChI is InChI=1S/C23H41NO5/c1-4-28-22(26)11-9-7-6-8-10-20(23(27)29-5-2)24-17-16-21(25)19-14-12-18(3)13-15-19/h18-20,24H,4-17H2,1-3H3. The van der Waals surface area contributed by atoms with Crippen molar-refractivity contribution in [3.05, 3.63) is 0 Å². The van der Waals surface area contributed by atoms with E-state index in [-0.39, 0.29) is 23.9 Å². The van der Waals surface area contributed by atoms with Gasteiger partial charge in [-0.15, -0.1) is 0 Å². The molecule has 1 aliphatic carbocycles. The smallest absolute Gasteiger partial charge is 0.323 e. The van der Waals surface area contributed by atoms with Gasteiger partial charge in [-0.3, -0.25) is 14.4 Å². The lowest BCUT2D eigenvalue weighted by atomic mass is 9.80. The lowest BCUT2D eigenvalue weighted by Gasteiger charge is -2.25. The van der Waals surface area contributed by atoms with Gasteiger partial charge in [-0.25, -0.2) is 0 Å². The molecule has 1 aliphatic rings. The van der Waals surface area contributed by atoms with E-state index in [1.807, 2.05) is 6.92 Å². The minimum Gasteiger partial charge on any atom is -0.466 e. The van der Waals surface area contributed by atoms with E-state index in [2.05, 4.69) is 12.2 Å². The Morgan fingerprint density at radius 2 is 1.55 bits per heavy atom. The summed E-state index contributed by atoms with van der Waals surface area (Å²) in [6.07, 6.45) is 9.51.